The van der Waals surface area contributed by atoms with Gasteiger partial charge >= 0.3 is 0 Å². The molecule has 0 saturated carbocycles. The van der Waals surface area contributed by atoms with Gasteiger partial charge in [0.2, 0.25) is 0 Å². The second-order valence-electron chi connectivity index (χ2n) is 4.47. The molecule has 0 saturated heterocycles. The summed E-state index contributed by atoms with van der Waals surface area (Å²) in [6, 6.07) is 15.8. The Balaban J connectivity index is 1.93. The maximum atomic E-state index is 10.2. The summed E-state index contributed by atoms with van der Waals surface area (Å²) in [5.74, 6) is 0.871. The van der Waals surface area contributed by atoms with Crippen molar-refractivity contribution in [3.63, 3.8) is 0 Å². The monoisotopic (exact) mass is 304 g/mol. The summed E-state index contributed by atoms with van der Waals surface area (Å²) >= 11 is 3.41. The maximum Gasteiger partial charge on any atom is 0.150 e. The van der Waals surface area contributed by atoms with Crippen molar-refractivity contribution in [3.8, 4) is 5.75 Å². The van der Waals surface area contributed by atoms with Gasteiger partial charge in [-0.3, -0.25) is 0 Å². The molecule has 1 aliphatic heterocycles. The lowest BCUT2D eigenvalue weighted by molar-refractivity contribution is 0.0208. The SMILES string of the molecule is O[C@H]1Cc2ccccc2O[C@@H]1c1ccc(Br)cc1. The third-order valence-electron chi connectivity index (χ3n) is 3.20. The van der Waals surface area contributed by atoms with Crippen LogP contribution in [0.1, 0.15) is 17.2 Å². The largest absolute Gasteiger partial charge is 0.483 e. The Morgan fingerprint density at radius 1 is 1.06 bits per heavy atom. The van der Waals surface area contributed by atoms with Crippen molar-refractivity contribution in [2.75, 3.05) is 0 Å². The average molecular weight is 305 g/mol. The molecule has 1 N–H and O–H groups in total. The van der Waals surface area contributed by atoms with Gasteiger partial charge < -0.3 is 9.84 Å². The lowest BCUT2D eigenvalue weighted by Gasteiger charge is -2.30. The predicted molar refractivity (Wildman–Crippen MR) is 73.7 cm³/mol. The summed E-state index contributed by atoms with van der Waals surface area (Å²) in [6.07, 6.45) is -0.147. The molecule has 0 amide bonds. The fourth-order valence-corrected chi connectivity index (χ4v) is 2.54. The average Bonchev–Trinajstić information content (AvgIpc) is 2.39. The molecule has 0 fully saturated rings. The van der Waals surface area contributed by atoms with E-state index in [-0.39, 0.29) is 6.10 Å². The summed E-state index contributed by atoms with van der Waals surface area (Å²) in [7, 11) is 0. The highest BCUT2D eigenvalue weighted by Crippen LogP contribution is 2.35. The minimum atomic E-state index is -0.499. The standard InChI is InChI=1S/C15H13BrO2/c16-12-7-5-10(6-8-12)15-13(17)9-11-3-1-2-4-14(11)18-15/h1-8,13,15,17H,9H2/t13-,15+/m0/s1. The van der Waals surface area contributed by atoms with Gasteiger partial charge in [-0.1, -0.05) is 46.3 Å². The first kappa shape index (κ1) is 11.8. The van der Waals surface area contributed by atoms with Crippen LogP contribution in [0.5, 0.6) is 5.75 Å². The molecule has 0 spiro atoms. The Morgan fingerprint density at radius 3 is 2.56 bits per heavy atom. The fraction of sp³-hybridized carbons (Fsp3) is 0.200. The number of benzene rings is 2. The molecule has 1 heterocycles. The number of ether oxygens (including phenoxy) is 1. The van der Waals surface area contributed by atoms with Crippen molar-refractivity contribution in [3.05, 3.63) is 64.1 Å². The van der Waals surface area contributed by atoms with E-state index in [0.717, 1.165) is 21.3 Å². The predicted octanol–water partition coefficient (Wildman–Crippen LogP) is 3.49. The van der Waals surface area contributed by atoms with Gasteiger partial charge in [-0.15, -0.1) is 0 Å². The van der Waals surface area contributed by atoms with Gasteiger partial charge in [0.15, 0.2) is 0 Å². The first-order valence-corrected chi connectivity index (χ1v) is 6.71. The Hall–Kier alpha value is -1.32. The van der Waals surface area contributed by atoms with Crippen LogP contribution in [0.25, 0.3) is 0 Å². The lowest BCUT2D eigenvalue weighted by atomic mass is 9.95. The number of aliphatic hydroxyl groups is 1. The van der Waals surface area contributed by atoms with E-state index in [0.29, 0.717) is 6.42 Å². The van der Waals surface area contributed by atoms with Crippen LogP contribution >= 0.6 is 15.9 Å². The van der Waals surface area contributed by atoms with Crippen molar-refractivity contribution in [2.24, 2.45) is 0 Å². The highest BCUT2D eigenvalue weighted by molar-refractivity contribution is 9.10. The van der Waals surface area contributed by atoms with Crippen molar-refractivity contribution >= 4 is 15.9 Å². The number of aliphatic hydroxyl groups excluding tert-OH is 1. The second kappa shape index (κ2) is 4.75. The third kappa shape index (κ3) is 2.16. The fourth-order valence-electron chi connectivity index (χ4n) is 2.28. The summed E-state index contributed by atoms with van der Waals surface area (Å²) in [6.45, 7) is 0. The van der Waals surface area contributed by atoms with E-state index in [1.54, 1.807) is 0 Å². The van der Waals surface area contributed by atoms with E-state index < -0.39 is 6.10 Å². The van der Waals surface area contributed by atoms with E-state index in [2.05, 4.69) is 15.9 Å². The van der Waals surface area contributed by atoms with Crippen LogP contribution in [0.15, 0.2) is 53.0 Å². The minimum Gasteiger partial charge on any atom is -0.483 e. The molecule has 0 aliphatic carbocycles. The minimum absolute atomic E-state index is 0.284. The van der Waals surface area contributed by atoms with Crippen LogP contribution in [-0.4, -0.2) is 11.2 Å². The quantitative estimate of drug-likeness (QED) is 0.874. The zero-order valence-corrected chi connectivity index (χ0v) is 11.3. The van der Waals surface area contributed by atoms with Gasteiger partial charge in [-0.2, -0.15) is 0 Å². The molecule has 92 valence electrons. The number of hydrogen-bond acceptors (Lipinski definition) is 2. The van der Waals surface area contributed by atoms with E-state index in [9.17, 15) is 5.11 Å². The highest BCUT2D eigenvalue weighted by atomic mass is 79.9. The molecular formula is C15H13BrO2. The molecule has 2 aromatic rings. The first-order valence-electron chi connectivity index (χ1n) is 5.92. The molecule has 2 nitrogen and oxygen atoms in total. The lowest BCUT2D eigenvalue weighted by Crippen LogP contribution is -2.30. The summed E-state index contributed by atoms with van der Waals surface area (Å²) in [5.41, 5.74) is 2.07. The normalized spacial score (nSPS) is 22.1. The van der Waals surface area contributed by atoms with Gasteiger partial charge in [0.25, 0.3) is 0 Å². The van der Waals surface area contributed by atoms with Gasteiger partial charge in [0.05, 0.1) is 6.10 Å². The maximum absolute atomic E-state index is 10.2. The van der Waals surface area contributed by atoms with E-state index >= 15 is 0 Å². The van der Waals surface area contributed by atoms with Crippen LogP contribution in [0, 0.1) is 0 Å². The second-order valence-corrected chi connectivity index (χ2v) is 5.38. The number of para-hydroxylation sites is 1. The van der Waals surface area contributed by atoms with E-state index in [4.69, 9.17) is 4.74 Å². The smallest absolute Gasteiger partial charge is 0.150 e. The first-order chi connectivity index (χ1) is 8.74. The molecule has 0 aromatic heterocycles. The molecule has 0 radical (unpaired) electrons. The van der Waals surface area contributed by atoms with Crippen molar-refractivity contribution in [1.82, 2.24) is 0 Å². The summed E-state index contributed by atoms with van der Waals surface area (Å²) in [5, 5.41) is 10.2. The highest BCUT2D eigenvalue weighted by Gasteiger charge is 2.29. The molecule has 2 aromatic carbocycles. The van der Waals surface area contributed by atoms with Crippen LogP contribution in [0.4, 0.5) is 0 Å². The number of halogens is 1. The molecule has 0 unspecified atom stereocenters. The van der Waals surface area contributed by atoms with Gasteiger partial charge in [-0.05, 0) is 29.3 Å². The topological polar surface area (TPSA) is 29.5 Å². The third-order valence-corrected chi connectivity index (χ3v) is 3.73. The van der Waals surface area contributed by atoms with Gasteiger partial charge in [0.1, 0.15) is 11.9 Å². The van der Waals surface area contributed by atoms with Gasteiger partial charge in [-0.25, -0.2) is 0 Å². The van der Waals surface area contributed by atoms with E-state index in [1.165, 1.54) is 0 Å². The van der Waals surface area contributed by atoms with Crippen LogP contribution in [-0.2, 0) is 6.42 Å². The van der Waals surface area contributed by atoms with E-state index in [1.807, 2.05) is 48.5 Å². The molecule has 1 aliphatic rings. The summed E-state index contributed by atoms with van der Waals surface area (Å²) < 4.78 is 6.93. The van der Waals surface area contributed by atoms with Gasteiger partial charge in [0, 0.05) is 10.9 Å². The van der Waals surface area contributed by atoms with Crippen LogP contribution in [0.3, 0.4) is 0 Å². The Kier molecular flexibility index (Phi) is 3.10. The zero-order valence-electron chi connectivity index (χ0n) is 9.71. The molecule has 3 heteroatoms. The number of rotatable bonds is 1. The van der Waals surface area contributed by atoms with Crippen molar-refractivity contribution in [2.45, 2.75) is 18.6 Å². The number of hydrogen-bond donors (Lipinski definition) is 1. The van der Waals surface area contributed by atoms with Crippen molar-refractivity contribution in [1.29, 1.82) is 0 Å². The Bertz CT molecular complexity index is 551. The van der Waals surface area contributed by atoms with Crippen molar-refractivity contribution < 1.29 is 9.84 Å². The van der Waals surface area contributed by atoms with Crippen LogP contribution < -0.4 is 4.74 Å². The summed E-state index contributed by atoms with van der Waals surface area (Å²) in [4.78, 5) is 0. The Labute approximate surface area is 114 Å². The molecule has 3 rings (SSSR count). The zero-order chi connectivity index (χ0) is 12.5. The van der Waals surface area contributed by atoms with Crippen LogP contribution in [0.2, 0.25) is 0 Å². The molecule has 0 bridgehead atoms. The molecule has 18 heavy (non-hydrogen) atoms. The molecule has 2 atom stereocenters. The number of fused-ring (bicyclic) bond motifs is 1. The molecular weight excluding hydrogens is 292 g/mol. The Morgan fingerprint density at radius 2 is 1.78 bits per heavy atom.